The zero-order valence-electron chi connectivity index (χ0n) is 25.3. The summed E-state index contributed by atoms with van der Waals surface area (Å²) in [6.45, 7) is 2.87. The predicted molar refractivity (Wildman–Crippen MR) is 180 cm³/mol. The number of benzene rings is 4. The number of anilines is 1. The quantitative estimate of drug-likeness (QED) is 0.0470. The summed E-state index contributed by atoms with van der Waals surface area (Å²) in [5.74, 6) is -0.640. The third-order valence-corrected chi connectivity index (χ3v) is 9.47. The third-order valence-electron chi connectivity index (χ3n) is 7.34. The van der Waals surface area contributed by atoms with Crippen LogP contribution in [0.1, 0.15) is 41.6 Å². The van der Waals surface area contributed by atoms with Crippen LogP contribution in [-0.2, 0) is 21.9 Å². The molecule has 1 unspecified atom stereocenters. The standard InChI is InChI=1S/C36H30FN3O5S2/c1-2-19-44-28-17-13-25(14-18-28)32(41)30-31(26-9-6-10-29(20-26)45-21-23-7-4-3-5-8-23)40(34(43)33(30)42)35-38-39-36(47-35)46-22-24-11-15-27(37)16-12-24/h3-18,20,31,41H,2,19,21-22H2,1H3/b32-30+. The maximum Gasteiger partial charge on any atom is 0.301 e. The van der Waals surface area contributed by atoms with Crippen molar-refractivity contribution >= 4 is 45.7 Å². The Morgan fingerprint density at radius 1 is 0.894 bits per heavy atom. The first-order valence-corrected chi connectivity index (χ1v) is 16.7. The first kappa shape index (κ1) is 32.0. The number of nitrogens with zero attached hydrogens (tertiary/aromatic N) is 3. The fourth-order valence-electron chi connectivity index (χ4n) is 5.03. The fourth-order valence-corrected chi connectivity index (χ4v) is 6.85. The van der Waals surface area contributed by atoms with E-state index >= 15 is 0 Å². The lowest BCUT2D eigenvalue weighted by Gasteiger charge is -2.23. The molecule has 0 aliphatic carbocycles. The molecule has 1 saturated heterocycles. The second kappa shape index (κ2) is 14.6. The number of ketones is 1. The number of Topliss-reactive ketones (excluding diaryl/α,β-unsaturated/α-hetero) is 1. The Kier molecular flexibility index (Phi) is 9.94. The van der Waals surface area contributed by atoms with E-state index in [0.717, 1.165) is 28.9 Å². The number of thioether (sulfide) groups is 1. The van der Waals surface area contributed by atoms with Gasteiger partial charge in [0, 0.05) is 11.3 Å². The van der Waals surface area contributed by atoms with Gasteiger partial charge in [-0.1, -0.05) is 84.6 Å². The van der Waals surface area contributed by atoms with E-state index in [1.165, 1.54) is 28.8 Å². The van der Waals surface area contributed by atoms with Gasteiger partial charge in [0.2, 0.25) is 5.13 Å². The SMILES string of the molecule is CCCOc1ccc(/C(O)=C2\C(=O)C(=O)N(c3nnc(SCc4ccc(F)cc4)s3)C2c2cccc(OCc3ccccc3)c2)cc1. The molecule has 4 aromatic carbocycles. The Bertz CT molecular complexity index is 1900. The number of amides is 1. The van der Waals surface area contributed by atoms with Crippen LogP contribution >= 0.6 is 23.1 Å². The molecule has 1 fully saturated rings. The monoisotopic (exact) mass is 667 g/mol. The van der Waals surface area contributed by atoms with Crippen LogP contribution < -0.4 is 14.4 Å². The molecule has 0 saturated carbocycles. The summed E-state index contributed by atoms with van der Waals surface area (Å²) in [5.41, 5.74) is 2.71. The Labute approximate surface area is 279 Å². The third kappa shape index (κ3) is 7.37. The maximum atomic E-state index is 13.7. The van der Waals surface area contributed by atoms with E-state index in [-0.39, 0.29) is 22.3 Å². The molecule has 11 heteroatoms. The number of ether oxygens (including phenoxy) is 2. The van der Waals surface area contributed by atoms with Gasteiger partial charge in [-0.15, -0.1) is 10.2 Å². The van der Waals surface area contributed by atoms with Crippen molar-refractivity contribution in [1.29, 1.82) is 0 Å². The largest absolute Gasteiger partial charge is 0.507 e. The van der Waals surface area contributed by atoms with E-state index in [4.69, 9.17) is 9.47 Å². The average molecular weight is 668 g/mol. The van der Waals surface area contributed by atoms with Crippen LogP contribution in [0.2, 0.25) is 0 Å². The molecule has 1 N–H and O–H groups in total. The smallest absolute Gasteiger partial charge is 0.301 e. The van der Waals surface area contributed by atoms with E-state index in [1.807, 2.05) is 37.3 Å². The summed E-state index contributed by atoms with van der Waals surface area (Å²) in [4.78, 5) is 28.7. The summed E-state index contributed by atoms with van der Waals surface area (Å²) < 4.78 is 25.6. The zero-order chi connectivity index (χ0) is 32.8. The van der Waals surface area contributed by atoms with Crippen LogP contribution in [0.15, 0.2) is 113 Å². The molecule has 8 nitrogen and oxygen atoms in total. The second-order valence-electron chi connectivity index (χ2n) is 10.7. The minimum Gasteiger partial charge on any atom is -0.507 e. The van der Waals surface area contributed by atoms with Gasteiger partial charge in [0.25, 0.3) is 5.78 Å². The number of hydrogen-bond donors (Lipinski definition) is 1. The number of aliphatic hydroxyl groups is 1. The van der Waals surface area contributed by atoms with Crippen LogP contribution in [0.25, 0.3) is 5.76 Å². The minimum atomic E-state index is -1.01. The van der Waals surface area contributed by atoms with E-state index in [2.05, 4.69) is 10.2 Å². The predicted octanol–water partition coefficient (Wildman–Crippen LogP) is 7.96. The summed E-state index contributed by atoms with van der Waals surface area (Å²) >= 11 is 2.54. The topological polar surface area (TPSA) is 102 Å². The Hall–Kier alpha value is -5.00. The van der Waals surface area contributed by atoms with Crippen molar-refractivity contribution in [2.75, 3.05) is 11.5 Å². The molecule has 1 aliphatic heterocycles. The van der Waals surface area contributed by atoms with E-state index in [0.29, 0.717) is 45.9 Å². The Morgan fingerprint density at radius 3 is 2.40 bits per heavy atom. The van der Waals surface area contributed by atoms with Gasteiger partial charge in [-0.3, -0.25) is 14.5 Å². The molecule has 0 bridgehead atoms. The summed E-state index contributed by atoms with van der Waals surface area (Å²) in [6, 6.07) is 28.7. The van der Waals surface area contributed by atoms with Crippen LogP contribution in [-0.4, -0.2) is 33.6 Å². The van der Waals surface area contributed by atoms with Gasteiger partial charge >= 0.3 is 5.91 Å². The molecule has 6 rings (SSSR count). The highest BCUT2D eigenvalue weighted by Crippen LogP contribution is 2.44. The van der Waals surface area contributed by atoms with Crippen LogP contribution in [0.3, 0.4) is 0 Å². The number of halogens is 1. The van der Waals surface area contributed by atoms with Crippen LogP contribution in [0.5, 0.6) is 11.5 Å². The maximum absolute atomic E-state index is 13.7. The number of aromatic nitrogens is 2. The summed E-state index contributed by atoms with van der Waals surface area (Å²) in [7, 11) is 0. The van der Waals surface area contributed by atoms with E-state index in [1.54, 1.807) is 60.7 Å². The fraction of sp³-hybridized carbons (Fsp3) is 0.167. The molecule has 0 spiro atoms. The first-order chi connectivity index (χ1) is 22.9. The highest BCUT2D eigenvalue weighted by molar-refractivity contribution is 8.00. The summed E-state index contributed by atoms with van der Waals surface area (Å²) in [5, 5.41) is 20.3. The van der Waals surface area contributed by atoms with Gasteiger partial charge < -0.3 is 14.6 Å². The second-order valence-corrected chi connectivity index (χ2v) is 12.8. The molecule has 0 radical (unpaired) electrons. The van der Waals surface area contributed by atoms with Gasteiger partial charge in [0.15, 0.2) is 4.34 Å². The normalized spacial score (nSPS) is 15.6. The van der Waals surface area contributed by atoms with Crippen molar-refractivity contribution in [3.8, 4) is 11.5 Å². The molecule has 1 amide bonds. The molecule has 47 heavy (non-hydrogen) atoms. The highest BCUT2D eigenvalue weighted by Gasteiger charge is 2.48. The molecule has 2 heterocycles. The number of hydrogen-bond acceptors (Lipinski definition) is 9. The lowest BCUT2D eigenvalue weighted by molar-refractivity contribution is -0.132. The zero-order valence-corrected chi connectivity index (χ0v) is 27.0. The molecule has 5 aromatic rings. The van der Waals surface area contributed by atoms with Crippen molar-refractivity contribution in [2.45, 2.75) is 36.1 Å². The lowest BCUT2D eigenvalue weighted by atomic mass is 9.95. The summed E-state index contributed by atoms with van der Waals surface area (Å²) in [6.07, 6.45) is 0.845. The molecular formula is C36H30FN3O5S2. The van der Waals surface area contributed by atoms with Gasteiger partial charge in [-0.25, -0.2) is 4.39 Å². The van der Waals surface area contributed by atoms with Crippen molar-refractivity contribution in [2.24, 2.45) is 0 Å². The Balaban J connectivity index is 1.35. The number of aliphatic hydroxyl groups excluding tert-OH is 1. The Morgan fingerprint density at radius 2 is 1.66 bits per heavy atom. The highest BCUT2D eigenvalue weighted by atomic mass is 32.2. The van der Waals surface area contributed by atoms with E-state index in [9.17, 15) is 19.1 Å². The van der Waals surface area contributed by atoms with Crippen molar-refractivity contribution in [3.63, 3.8) is 0 Å². The molecule has 1 aliphatic rings. The average Bonchev–Trinajstić information content (AvgIpc) is 3.68. The molecule has 1 atom stereocenters. The molecular weight excluding hydrogens is 638 g/mol. The molecule has 238 valence electrons. The van der Waals surface area contributed by atoms with Gasteiger partial charge in [-0.05, 0) is 71.6 Å². The first-order valence-electron chi connectivity index (χ1n) is 14.9. The van der Waals surface area contributed by atoms with Crippen molar-refractivity contribution < 1.29 is 28.6 Å². The molecule has 1 aromatic heterocycles. The van der Waals surface area contributed by atoms with Crippen LogP contribution in [0.4, 0.5) is 9.52 Å². The number of carbonyl (C=O) groups excluding carboxylic acids is 2. The van der Waals surface area contributed by atoms with Gasteiger partial charge in [-0.2, -0.15) is 0 Å². The van der Waals surface area contributed by atoms with E-state index < -0.39 is 17.7 Å². The number of rotatable bonds is 12. The minimum absolute atomic E-state index is 0.0758. The number of carbonyl (C=O) groups is 2. The van der Waals surface area contributed by atoms with Crippen LogP contribution in [0, 0.1) is 5.82 Å². The van der Waals surface area contributed by atoms with Crippen molar-refractivity contribution in [3.05, 3.63) is 137 Å². The van der Waals surface area contributed by atoms with Gasteiger partial charge in [0.05, 0.1) is 18.2 Å². The van der Waals surface area contributed by atoms with Gasteiger partial charge in [0.1, 0.15) is 29.7 Å². The van der Waals surface area contributed by atoms with Crippen molar-refractivity contribution in [1.82, 2.24) is 10.2 Å². The lowest BCUT2D eigenvalue weighted by Crippen LogP contribution is -2.29.